The van der Waals surface area contributed by atoms with Crippen LogP contribution in [0, 0.1) is 6.92 Å². The Morgan fingerprint density at radius 3 is 2.53 bits per heavy atom. The number of nitrogens with two attached hydrogens (primary N) is 1. The fourth-order valence-corrected chi connectivity index (χ4v) is 1.53. The Morgan fingerprint density at radius 2 is 1.82 bits per heavy atom. The highest BCUT2D eigenvalue weighted by Gasteiger charge is 2.01. The zero-order chi connectivity index (χ0) is 12.3. The van der Waals surface area contributed by atoms with E-state index < -0.39 is 0 Å². The summed E-state index contributed by atoms with van der Waals surface area (Å²) in [6.07, 6.45) is 0. The van der Waals surface area contributed by atoms with Crippen molar-refractivity contribution in [3.63, 3.8) is 0 Å². The summed E-state index contributed by atoms with van der Waals surface area (Å²) in [5.41, 5.74) is 8.45. The predicted octanol–water partition coefficient (Wildman–Crippen LogP) is 2.86. The molecule has 0 amide bonds. The number of nitrogen functional groups attached to an aromatic ring is 1. The SMILES string of the molecule is Cc1ccc(N)cc1OCc1ccc(O)cc1. The summed E-state index contributed by atoms with van der Waals surface area (Å²) in [6.45, 7) is 2.44. The molecular weight excluding hydrogens is 214 g/mol. The molecule has 0 saturated heterocycles. The topological polar surface area (TPSA) is 55.5 Å². The van der Waals surface area contributed by atoms with Crippen molar-refractivity contribution >= 4 is 5.69 Å². The van der Waals surface area contributed by atoms with E-state index in [2.05, 4.69) is 0 Å². The summed E-state index contributed by atoms with van der Waals surface area (Å²) in [4.78, 5) is 0. The van der Waals surface area contributed by atoms with Gasteiger partial charge in [-0.3, -0.25) is 0 Å². The zero-order valence-electron chi connectivity index (χ0n) is 9.68. The molecule has 3 heteroatoms. The number of aromatic hydroxyl groups is 1. The normalized spacial score (nSPS) is 10.2. The van der Waals surface area contributed by atoms with Crippen molar-refractivity contribution in [1.29, 1.82) is 0 Å². The van der Waals surface area contributed by atoms with Crippen LogP contribution in [0.4, 0.5) is 5.69 Å². The first-order valence-electron chi connectivity index (χ1n) is 5.42. The van der Waals surface area contributed by atoms with Crippen molar-refractivity contribution in [3.8, 4) is 11.5 Å². The summed E-state index contributed by atoms with van der Waals surface area (Å²) in [7, 11) is 0. The highest BCUT2D eigenvalue weighted by atomic mass is 16.5. The number of benzene rings is 2. The van der Waals surface area contributed by atoms with Crippen molar-refractivity contribution in [2.45, 2.75) is 13.5 Å². The maximum Gasteiger partial charge on any atom is 0.124 e. The van der Waals surface area contributed by atoms with Gasteiger partial charge in [0.1, 0.15) is 18.1 Å². The van der Waals surface area contributed by atoms with Crippen LogP contribution in [0.2, 0.25) is 0 Å². The minimum Gasteiger partial charge on any atom is -0.508 e. The number of ether oxygens (including phenoxy) is 1. The average Bonchev–Trinajstić information content (AvgIpc) is 2.32. The molecule has 0 saturated carbocycles. The van der Waals surface area contributed by atoms with E-state index in [4.69, 9.17) is 15.6 Å². The largest absolute Gasteiger partial charge is 0.508 e. The van der Waals surface area contributed by atoms with Crippen molar-refractivity contribution in [1.82, 2.24) is 0 Å². The van der Waals surface area contributed by atoms with E-state index >= 15 is 0 Å². The van der Waals surface area contributed by atoms with Crippen LogP contribution in [-0.2, 0) is 6.61 Å². The number of phenols is 1. The number of rotatable bonds is 3. The smallest absolute Gasteiger partial charge is 0.124 e. The third kappa shape index (κ3) is 2.91. The highest BCUT2D eigenvalue weighted by molar-refractivity contribution is 5.48. The molecule has 3 nitrogen and oxygen atoms in total. The number of aryl methyl sites for hydroxylation is 1. The Labute approximate surface area is 100 Å². The summed E-state index contributed by atoms with van der Waals surface area (Å²) in [6, 6.07) is 12.5. The molecule has 3 N–H and O–H groups in total. The molecule has 0 spiro atoms. The number of hydrogen-bond donors (Lipinski definition) is 2. The summed E-state index contributed by atoms with van der Waals surface area (Å²) >= 11 is 0. The number of phenolic OH excluding ortho intramolecular Hbond substituents is 1. The Kier molecular flexibility index (Phi) is 3.19. The number of hydrogen-bond acceptors (Lipinski definition) is 3. The molecule has 17 heavy (non-hydrogen) atoms. The molecule has 0 fully saturated rings. The van der Waals surface area contributed by atoms with Gasteiger partial charge in [-0.2, -0.15) is 0 Å². The van der Waals surface area contributed by atoms with Gasteiger partial charge in [-0.05, 0) is 36.2 Å². The quantitative estimate of drug-likeness (QED) is 0.796. The molecule has 2 rings (SSSR count). The van der Waals surface area contributed by atoms with Gasteiger partial charge in [-0.15, -0.1) is 0 Å². The van der Waals surface area contributed by atoms with E-state index in [0.29, 0.717) is 12.3 Å². The lowest BCUT2D eigenvalue weighted by atomic mass is 10.2. The molecule has 0 aromatic heterocycles. The first-order chi connectivity index (χ1) is 8.15. The molecule has 88 valence electrons. The van der Waals surface area contributed by atoms with Gasteiger partial charge >= 0.3 is 0 Å². The summed E-state index contributed by atoms with van der Waals surface area (Å²) < 4.78 is 5.68. The Balaban J connectivity index is 2.07. The van der Waals surface area contributed by atoms with Gasteiger partial charge in [-0.1, -0.05) is 18.2 Å². The van der Waals surface area contributed by atoms with Gasteiger partial charge in [0.2, 0.25) is 0 Å². The van der Waals surface area contributed by atoms with Gasteiger partial charge < -0.3 is 15.6 Å². The Hall–Kier alpha value is -2.16. The van der Waals surface area contributed by atoms with Crippen LogP contribution in [0.5, 0.6) is 11.5 Å². The van der Waals surface area contributed by atoms with Crippen molar-refractivity contribution in [3.05, 3.63) is 53.6 Å². The van der Waals surface area contributed by atoms with Crippen LogP contribution in [0.1, 0.15) is 11.1 Å². The zero-order valence-corrected chi connectivity index (χ0v) is 9.68. The molecule has 0 unspecified atom stereocenters. The second kappa shape index (κ2) is 4.78. The molecule has 0 radical (unpaired) electrons. The van der Waals surface area contributed by atoms with Gasteiger partial charge in [0.15, 0.2) is 0 Å². The summed E-state index contributed by atoms with van der Waals surface area (Å²) in [5, 5.41) is 9.17. The lowest BCUT2D eigenvalue weighted by Crippen LogP contribution is -1.97. The molecular formula is C14H15NO2. The van der Waals surface area contributed by atoms with Crippen molar-refractivity contribution < 1.29 is 9.84 Å². The van der Waals surface area contributed by atoms with E-state index in [1.807, 2.05) is 37.3 Å². The van der Waals surface area contributed by atoms with Crippen LogP contribution >= 0.6 is 0 Å². The van der Waals surface area contributed by atoms with E-state index in [1.54, 1.807) is 12.1 Å². The second-order valence-corrected chi connectivity index (χ2v) is 3.98. The minimum absolute atomic E-state index is 0.258. The monoisotopic (exact) mass is 229 g/mol. The molecule has 2 aromatic carbocycles. The number of anilines is 1. The van der Waals surface area contributed by atoms with E-state index in [1.165, 1.54) is 0 Å². The van der Waals surface area contributed by atoms with Crippen molar-refractivity contribution in [2.75, 3.05) is 5.73 Å². The Morgan fingerprint density at radius 1 is 1.12 bits per heavy atom. The van der Waals surface area contributed by atoms with Crippen LogP contribution in [-0.4, -0.2) is 5.11 Å². The lowest BCUT2D eigenvalue weighted by Gasteiger charge is -2.09. The minimum atomic E-state index is 0.258. The molecule has 2 aromatic rings. The molecule has 0 atom stereocenters. The lowest BCUT2D eigenvalue weighted by molar-refractivity contribution is 0.304. The first-order valence-corrected chi connectivity index (χ1v) is 5.42. The van der Waals surface area contributed by atoms with Gasteiger partial charge in [0.25, 0.3) is 0 Å². The second-order valence-electron chi connectivity index (χ2n) is 3.98. The predicted molar refractivity (Wildman–Crippen MR) is 68.0 cm³/mol. The Bertz CT molecular complexity index is 506. The fraction of sp³-hybridized carbons (Fsp3) is 0.143. The molecule has 0 aliphatic carbocycles. The van der Waals surface area contributed by atoms with E-state index in [-0.39, 0.29) is 5.75 Å². The van der Waals surface area contributed by atoms with Crippen LogP contribution < -0.4 is 10.5 Å². The molecule has 0 bridgehead atoms. The third-order valence-corrected chi connectivity index (χ3v) is 2.54. The highest BCUT2D eigenvalue weighted by Crippen LogP contribution is 2.22. The average molecular weight is 229 g/mol. The third-order valence-electron chi connectivity index (χ3n) is 2.54. The maximum absolute atomic E-state index is 9.17. The fourth-order valence-electron chi connectivity index (χ4n) is 1.53. The van der Waals surface area contributed by atoms with E-state index in [9.17, 15) is 0 Å². The molecule has 0 aliphatic rings. The summed E-state index contributed by atoms with van der Waals surface area (Å²) in [5.74, 6) is 1.05. The maximum atomic E-state index is 9.17. The van der Waals surface area contributed by atoms with Crippen molar-refractivity contribution in [2.24, 2.45) is 0 Å². The van der Waals surface area contributed by atoms with Gasteiger partial charge in [0.05, 0.1) is 0 Å². The first kappa shape index (κ1) is 11.3. The standard InChI is InChI=1S/C14H15NO2/c1-10-2-5-12(15)8-14(10)17-9-11-3-6-13(16)7-4-11/h2-8,16H,9,15H2,1H3. The molecule has 0 heterocycles. The van der Waals surface area contributed by atoms with Crippen LogP contribution in [0.25, 0.3) is 0 Å². The van der Waals surface area contributed by atoms with Gasteiger partial charge in [-0.25, -0.2) is 0 Å². The van der Waals surface area contributed by atoms with Gasteiger partial charge in [0, 0.05) is 11.8 Å². The molecule has 0 aliphatic heterocycles. The van der Waals surface area contributed by atoms with Crippen LogP contribution in [0.15, 0.2) is 42.5 Å². The van der Waals surface area contributed by atoms with E-state index in [0.717, 1.165) is 16.9 Å². The van der Waals surface area contributed by atoms with Crippen LogP contribution in [0.3, 0.4) is 0 Å².